The molecule has 0 bridgehead atoms. The van der Waals surface area contributed by atoms with Crippen LogP contribution in [0.3, 0.4) is 0 Å². The molecular weight excluding hydrogens is 420 g/mol. The molecule has 0 aliphatic heterocycles. The van der Waals surface area contributed by atoms with Crippen molar-refractivity contribution in [3.05, 3.63) is 52.9 Å². The second kappa shape index (κ2) is 10.2. The Labute approximate surface area is 175 Å². The maximum absolute atomic E-state index is 12.7. The van der Waals surface area contributed by atoms with Crippen molar-refractivity contribution in [2.45, 2.75) is 32.1 Å². The van der Waals surface area contributed by atoms with Gasteiger partial charge in [-0.25, -0.2) is 8.42 Å². The number of carbonyl (C=O) groups is 1. The van der Waals surface area contributed by atoms with Gasteiger partial charge in [0, 0.05) is 17.3 Å². The molecule has 1 aromatic heterocycles. The largest absolute Gasteiger partial charge is 0.468 e. The molecule has 1 unspecified atom stereocenters. The maximum Gasteiger partial charge on any atom is 0.243 e. The number of benzene rings is 1. The van der Waals surface area contributed by atoms with Gasteiger partial charge in [-0.15, -0.1) is 0 Å². The summed E-state index contributed by atoms with van der Waals surface area (Å²) in [7, 11) is -3.68. The van der Waals surface area contributed by atoms with Gasteiger partial charge in [-0.1, -0.05) is 24.6 Å². The Hall–Kier alpha value is -1.64. The van der Waals surface area contributed by atoms with Crippen LogP contribution in [0.4, 0.5) is 5.69 Å². The van der Waals surface area contributed by atoms with Crippen molar-refractivity contribution < 1.29 is 17.6 Å². The van der Waals surface area contributed by atoms with Crippen LogP contribution in [0, 0.1) is 6.92 Å². The molecule has 0 aliphatic carbocycles. The van der Waals surface area contributed by atoms with Gasteiger partial charge >= 0.3 is 0 Å². The molecule has 1 N–H and O–H groups in total. The number of rotatable bonds is 10. The van der Waals surface area contributed by atoms with Crippen molar-refractivity contribution in [1.29, 1.82) is 0 Å². The topological polar surface area (TPSA) is 79.6 Å². The predicted octanol–water partition coefficient (Wildman–Crippen LogP) is 3.84. The number of amides is 1. The number of carbonyl (C=O) groups excluding carboxylic acids is 1. The highest BCUT2D eigenvalue weighted by atomic mass is 35.5. The minimum atomic E-state index is -3.68. The van der Waals surface area contributed by atoms with Crippen molar-refractivity contribution in [1.82, 2.24) is 5.32 Å². The van der Waals surface area contributed by atoms with Crippen molar-refractivity contribution in [3.8, 4) is 0 Å². The van der Waals surface area contributed by atoms with E-state index in [0.29, 0.717) is 29.4 Å². The maximum atomic E-state index is 12.7. The monoisotopic (exact) mass is 444 g/mol. The van der Waals surface area contributed by atoms with E-state index in [0.717, 1.165) is 23.3 Å². The Morgan fingerprint density at radius 3 is 2.71 bits per heavy atom. The van der Waals surface area contributed by atoms with Crippen LogP contribution in [0.2, 0.25) is 5.02 Å². The third kappa shape index (κ3) is 6.18. The van der Waals surface area contributed by atoms with Crippen LogP contribution in [0.25, 0.3) is 0 Å². The lowest BCUT2D eigenvalue weighted by atomic mass is 10.1. The lowest BCUT2D eigenvalue weighted by molar-refractivity contribution is -0.122. The van der Waals surface area contributed by atoms with Crippen LogP contribution in [-0.2, 0) is 20.6 Å². The highest BCUT2D eigenvalue weighted by Crippen LogP contribution is 2.29. The number of nitrogens with zero attached hydrogens (tertiary/aromatic N) is 1. The molecule has 0 saturated heterocycles. The second-order valence-corrected chi connectivity index (χ2v) is 9.74. The standard InChI is InChI=1S/C19H25ClN2O4S2/c1-4-17(19(23)21-9-11-27-13-16-6-5-10-26-16)22(28(3,24)25)18-12-15(20)8-7-14(18)2/h5-8,10,12,17H,4,9,11,13H2,1-3H3,(H,21,23). The molecule has 2 aromatic rings. The molecule has 1 heterocycles. The fraction of sp³-hybridized carbons (Fsp3) is 0.421. The van der Waals surface area contributed by atoms with Crippen molar-refractivity contribution >= 4 is 45.0 Å². The summed E-state index contributed by atoms with van der Waals surface area (Å²) in [5.74, 6) is 1.96. The molecule has 0 saturated carbocycles. The molecule has 0 aliphatic rings. The van der Waals surface area contributed by atoms with Crippen LogP contribution in [-0.4, -0.2) is 38.9 Å². The van der Waals surface area contributed by atoms with E-state index in [1.165, 1.54) is 4.31 Å². The number of furan rings is 1. The molecule has 1 aromatic carbocycles. The van der Waals surface area contributed by atoms with E-state index < -0.39 is 16.1 Å². The zero-order chi connectivity index (χ0) is 20.7. The SMILES string of the molecule is CCC(C(=O)NCCSCc1ccco1)N(c1cc(Cl)ccc1C)S(C)(=O)=O. The van der Waals surface area contributed by atoms with Gasteiger partial charge in [0.15, 0.2) is 0 Å². The van der Waals surface area contributed by atoms with Gasteiger partial charge in [-0.05, 0) is 43.2 Å². The molecule has 1 amide bonds. The summed E-state index contributed by atoms with van der Waals surface area (Å²) in [6.45, 7) is 4.01. The number of sulfonamides is 1. The minimum Gasteiger partial charge on any atom is -0.468 e. The number of halogens is 1. The highest BCUT2D eigenvalue weighted by Gasteiger charge is 2.32. The summed E-state index contributed by atoms with van der Waals surface area (Å²) >= 11 is 7.70. The smallest absolute Gasteiger partial charge is 0.243 e. The molecule has 0 radical (unpaired) electrons. The quantitative estimate of drug-likeness (QED) is 0.563. The first-order valence-corrected chi connectivity index (χ1v) is 12.3. The summed E-state index contributed by atoms with van der Waals surface area (Å²) in [5.41, 5.74) is 1.15. The zero-order valence-corrected chi connectivity index (χ0v) is 18.5. The summed E-state index contributed by atoms with van der Waals surface area (Å²) in [6, 6.07) is 7.90. The average molecular weight is 445 g/mol. The number of anilines is 1. The van der Waals surface area contributed by atoms with E-state index in [-0.39, 0.29) is 5.91 Å². The number of hydrogen-bond acceptors (Lipinski definition) is 5. The molecule has 154 valence electrons. The third-order valence-corrected chi connectivity index (χ3v) is 6.49. The Kier molecular flexibility index (Phi) is 8.27. The van der Waals surface area contributed by atoms with Crippen LogP contribution in [0.5, 0.6) is 0 Å². The summed E-state index contributed by atoms with van der Waals surface area (Å²) in [4.78, 5) is 12.7. The third-order valence-electron chi connectivity index (χ3n) is 4.11. The van der Waals surface area contributed by atoms with E-state index in [2.05, 4.69) is 5.32 Å². The lowest BCUT2D eigenvalue weighted by Gasteiger charge is -2.31. The van der Waals surface area contributed by atoms with Crippen molar-refractivity contribution in [2.24, 2.45) is 0 Å². The van der Waals surface area contributed by atoms with E-state index in [1.54, 1.807) is 50.1 Å². The van der Waals surface area contributed by atoms with Crippen LogP contribution >= 0.6 is 23.4 Å². The first kappa shape index (κ1) is 22.6. The lowest BCUT2D eigenvalue weighted by Crippen LogP contribution is -2.50. The first-order chi connectivity index (χ1) is 13.2. The molecule has 0 fully saturated rings. The molecule has 9 heteroatoms. The summed E-state index contributed by atoms with van der Waals surface area (Å²) in [6.07, 6.45) is 3.06. The Bertz CT molecular complexity index is 885. The Balaban J connectivity index is 2.06. The van der Waals surface area contributed by atoms with Gasteiger partial charge in [-0.2, -0.15) is 11.8 Å². The molecule has 2 rings (SSSR count). The van der Waals surface area contributed by atoms with Gasteiger partial charge in [0.1, 0.15) is 11.8 Å². The Morgan fingerprint density at radius 1 is 1.36 bits per heavy atom. The van der Waals surface area contributed by atoms with Crippen LogP contribution in [0.1, 0.15) is 24.7 Å². The number of hydrogen-bond donors (Lipinski definition) is 1. The molecule has 6 nitrogen and oxygen atoms in total. The molecule has 0 spiro atoms. The van der Waals surface area contributed by atoms with Crippen LogP contribution in [0.15, 0.2) is 41.0 Å². The fourth-order valence-electron chi connectivity index (χ4n) is 2.79. The molecule has 28 heavy (non-hydrogen) atoms. The van der Waals surface area contributed by atoms with Crippen LogP contribution < -0.4 is 9.62 Å². The molecular formula is C19H25ClN2O4S2. The summed E-state index contributed by atoms with van der Waals surface area (Å²) < 4.78 is 31.4. The number of thioether (sulfide) groups is 1. The zero-order valence-electron chi connectivity index (χ0n) is 16.1. The number of aryl methyl sites for hydroxylation is 1. The van der Waals surface area contributed by atoms with E-state index in [4.69, 9.17) is 16.0 Å². The predicted molar refractivity (Wildman–Crippen MR) is 115 cm³/mol. The Morgan fingerprint density at radius 2 is 2.11 bits per heavy atom. The van der Waals surface area contributed by atoms with Gasteiger partial charge in [0.25, 0.3) is 0 Å². The number of nitrogens with one attached hydrogen (secondary N) is 1. The highest BCUT2D eigenvalue weighted by molar-refractivity contribution is 7.98. The van der Waals surface area contributed by atoms with Gasteiger partial charge in [0.2, 0.25) is 15.9 Å². The van der Waals surface area contributed by atoms with Gasteiger partial charge < -0.3 is 9.73 Å². The van der Waals surface area contributed by atoms with Crippen molar-refractivity contribution in [2.75, 3.05) is 22.9 Å². The molecule has 1 atom stereocenters. The summed E-state index contributed by atoms with van der Waals surface area (Å²) in [5, 5.41) is 3.26. The fourth-order valence-corrected chi connectivity index (χ4v) is 4.97. The van der Waals surface area contributed by atoms with Crippen molar-refractivity contribution in [3.63, 3.8) is 0 Å². The first-order valence-electron chi connectivity index (χ1n) is 8.87. The average Bonchev–Trinajstić information content (AvgIpc) is 3.14. The minimum absolute atomic E-state index is 0.328. The van der Waals surface area contributed by atoms with Gasteiger partial charge in [-0.3, -0.25) is 9.10 Å². The second-order valence-electron chi connectivity index (χ2n) is 6.34. The van der Waals surface area contributed by atoms with E-state index in [1.807, 2.05) is 12.1 Å². The van der Waals surface area contributed by atoms with E-state index >= 15 is 0 Å². The van der Waals surface area contributed by atoms with E-state index in [9.17, 15) is 13.2 Å². The van der Waals surface area contributed by atoms with Gasteiger partial charge in [0.05, 0.1) is 24.0 Å². The normalized spacial score (nSPS) is 12.6.